The van der Waals surface area contributed by atoms with Crippen LogP contribution in [0.3, 0.4) is 0 Å². The largest absolute Gasteiger partial charge is 0.340 e. The number of imidazole rings is 1. The molecular formula is C19H16FN5O. The zero-order valence-corrected chi connectivity index (χ0v) is 14.2. The highest BCUT2D eigenvalue weighted by atomic mass is 19.1. The first kappa shape index (κ1) is 15.2. The van der Waals surface area contributed by atoms with Crippen molar-refractivity contribution in [2.45, 2.75) is 31.6 Å². The van der Waals surface area contributed by atoms with Gasteiger partial charge in [0.1, 0.15) is 11.6 Å². The van der Waals surface area contributed by atoms with Crippen LogP contribution in [0.15, 0.2) is 41.1 Å². The van der Waals surface area contributed by atoms with Crippen LogP contribution in [0.5, 0.6) is 0 Å². The average Bonchev–Trinajstić information content (AvgIpc) is 3.13. The smallest absolute Gasteiger partial charge is 0.260 e. The van der Waals surface area contributed by atoms with Crippen molar-refractivity contribution in [3.05, 3.63) is 59.6 Å². The SMILES string of the molecule is CCc1nc2nccc(-c3nc(C4(c5cccc(F)c5)CC4)no3)c2[nH]1. The van der Waals surface area contributed by atoms with Gasteiger partial charge in [-0.2, -0.15) is 4.98 Å². The van der Waals surface area contributed by atoms with Gasteiger partial charge in [0.2, 0.25) is 0 Å². The number of halogens is 1. The maximum Gasteiger partial charge on any atom is 0.260 e. The van der Waals surface area contributed by atoms with Crippen LogP contribution in [-0.4, -0.2) is 25.1 Å². The molecule has 130 valence electrons. The summed E-state index contributed by atoms with van der Waals surface area (Å²) in [7, 11) is 0. The first-order valence-corrected chi connectivity index (χ1v) is 8.64. The minimum Gasteiger partial charge on any atom is -0.340 e. The fraction of sp³-hybridized carbons (Fsp3) is 0.263. The Kier molecular flexibility index (Phi) is 3.19. The molecular weight excluding hydrogens is 333 g/mol. The highest BCUT2D eigenvalue weighted by molar-refractivity contribution is 5.86. The van der Waals surface area contributed by atoms with Gasteiger partial charge in [-0.15, -0.1) is 0 Å². The van der Waals surface area contributed by atoms with Gasteiger partial charge in [0.05, 0.1) is 16.5 Å². The number of fused-ring (bicyclic) bond motifs is 1. The van der Waals surface area contributed by atoms with Gasteiger partial charge in [-0.05, 0) is 36.6 Å². The molecule has 1 aromatic carbocycles. The number of hydrogen-bond donors (Lipinski definition) is 1. The Labute approximate surface area is 148 Å². The van der Waals surface area contributed by atoms with Crippen LogP contribution < -0.4 is 0 Å². The van der Waals surface area contributed by atoms with Crippen molar-refractivity contribution in [2.75, 3.05) is 0 Å². The Balaban J connectivity index is 1.58. The van der Waals surface area contributed by atoms with Gasteiger partial charge in [0.25, 0.3) is 5.89 Å². The average molecular weight is 349 g/mol. The van der Waals surface area contributed by atoms with Crippen molar-refractivity contribution in [1.29, 1.82) is 0 Å². The molecule has 7 heteroatoms. The molecule has 0 bridgehead atoms. The Bertz CT molecular complexity index is 1110. The monoisotopic (exact) mass is 349 g/mol. The Hall–Kier alpha value is -3.09. The third-order valence-electron chi connectivity index (χ3n) is 4.99. The molecule has 6 nitrogen and oxygen atoms in total. The predicted molar refractivity (Wildman–Crippen MR) is 93.0 cm³/mol. The van der Waals surface area contributed by atoms with E-state index in [0.29, 0.717) is 17.4 Å². The highest BCUT2D eigenvalue weighted by Gasteiger charge is 2.50. The van der Waals surface area contributed by atoms with E-state index in [-0.39, 0.29) is 11.2 Å². The highest BCUT2D eigenvalue weighted by Crippen LogP contribution is 2.52. The standard InChI is InChI=1S/C19H16FN5O/c1-2-14-22-15-13(6-9-21-16(15)23-14)17-24-18(25-26-17)19(7-8-19)11-4-3-5-12(20)10-11/h3-6,9-10H,2,7-8H2,1H3,(H,21,22,23). The zero-order chi connectivity index (χ0) is 17.7. The van der Waals surface area contributed by atoms with E-state index in [4.69, 9.17) is 4.52 Å². The molecule has 0 aliphatic heterocycles. The maximum absolute atomic E-state index is 13.6. The second-order valence-corrected chi connectivity index (χ2v) is 6.61. The van der Waals surface area contributed by atoms with Gasteiger partial charge in [-0.25, -0.2) is 14.4 Å². The molecule has 26 heavy (non-hydrogen) atoms. The molecule has 3 aromatic heterocycles. The van der Waals surface area contributed by atoms with Crippen molar-refractivity contribution >= 4 is 11.2 Å². The minimum absolute atomic E-state index is 0.252. The molecule has 1 N–H and O–H groups in total. The van der Waals surface area contributed by atoms with E-state index in [0.717, 1.165) is 41.7 Å². The van der Waals surface area contributed by atoms with Crippen LogP contribution in [0.1, 0.15) is 37.0 Å². The molecule has 4 aromatic rings. The summed E-state index contributed by atoms with van der Waals surface area (Å²) in [6.45, 7) is 2.03. The Morgan fingerprint density at radius 2 is 2.12 bits per heavy atom. The molecule has 0 amide bonds. The number of rotatable bonds is 4. The Morgan fingerprint density at radius 3 is 2.88 bits per heavy atom. The number of H-pyrrole nitrogens is 1. The van der Waals surface area contributed by atoms with Crippen LogP contribution in [0.25, 0.3) is 22.6 Å². The molecule has 1 fully saturated rings. The van der Waals surface area contributed by atoms with E-state index in [1.165, 1.54) is 6.07 Å². The summed E-state index contributed by atoms with van der Waals surface area (Å²) >= 11 is 0. The lowest BCUT2D eigenvalue weighted by Crippen LogP contribution is -2.11. The number of hydrogen-bond acceptors (Lipinski definition) is 5. The van der Waals surface area contributed by atoms with E-state index in [1.807, 2.05) is 19.1 Å². The minimum atomic E-state index is -0.349. The second-order valence-electron chi connectivity index (χ2n) is 6.61. The lowest BCUT2D eigenvalue weighted by molar-refractivity contribution is 0.418. The van der Waals surface area contributed by atoms with Crippen molar-refractivity contribution < 1.29 is 8.91 Å². The number of pyridine rings is 1. The zero-order valence-electron chi connectivity index (χ0n) is 14.2. The molecule has 0 atom stereocenters. The van der Waals surface area contributed by atoms with Gasteiger partial charge in [-0.1, -0.05) is 24.2 Å². The summed E-state index contributed by atoms with van der Waals surface area (Å²) in [5.41, 5.74) is 2.73. The summed E-state index contributed by atoms with van der Waals surface area (Å²) < 4.78 is 19.2. The van der Waals surface area contributed by atoms with E-state index < -0.39 is 0 Å². The fourth-order valence-electron chi connectivity index (χ4n) is 3.38. The van der Waals surface area contributed by atoms with Crippen LogP contribution in [0.2, 0.25) is 0 Å². The summed E-state index contributed by atoms with van der Waals surface area (Å²) in [5.74, 6) is 1.62. The fourth-order valence-corrected chi connectivity index (χ4v) is 3.38. The van der Waals surface area contributed by atoms with Crippen molar-refractivity contribution in [1.82, 2.24) is 25.1 Å². The predicted octanol–water partition coefficient (Wildman–Crippen LogP) is 3.79. The molecule has 0 spiro atoms. The number of aryl methyl sites for hydroxylation is 1. The number of nitrogens with one attached hydrogen (secondary N) is 1. The van der Waals surface area contributed by atoms with E-state index in [1.54, 1.807) is 18.3 Å². The lowest BCUT2D eigenvalue weighted by atomic mass is 9.95. The quantitative estimate of drug-likeness (QED) is 0.606. The van der Waals surface area contributed by atoms with Gasteiger partial charge >= 0.3 is 0 Å². The molecule has 0 saturated heterocycles. The van der Waals surface area contributed by atoms with Crippen molar-refractivity contribution in [3.8, 4) is 11.5 Å². The number of aromatic amines is 1. The van der Waals surface area contributed by atoms with E-state index >= 15 is 0 Å². The summed E-state index contributed by atoms with van der Waals surface area (Å²) in [6, 6.07) is 8.46. The molecule has 3 heterocycles. The topological polar surface area (TPSA) is 80.5 Å². The third kappa shape index (κ3) is 2.23. The molecule has 1 aliphatic rings. The van der Waals surface area contributed by atoms with Gasteiger partial charge in [0.15, 0.2) is 11.5 Å². The summed E-state index contributed by atoms with van der Waals surface area (Å²) in [5, 5.41) is 4.20. The molecule has 1 aliphatic carbocycles. The van der Waals surface area contributed by atoms with E-state index in [9.17, 15) is 4.39 Å². The third-order valence-corrected chi connectivity index (χ3v) is 4.99. The van der Waals surface area contributed by atoms with Gasteiger partial charge < -0.3 is 9.51 Å². The first-order valence-electron chi connectivity index (χ1n) is 8.64. The number of nitrogens with zero attached hydrogens (tertiary/aromatic N) is 4. The number of benzene rings is 1. The van der Waals surface area contributed by atoms with Crippen LogP contribution in [0, 0.1) is 5.82 Å². The molecule has 5 rings (SSSR count). The maximum atomic E-state index is 13.6. The Morgan fingerprint density at radius 1 is 1.23 bits per heavy atom. The van der Waals surface area contributed by atoms with Gasteiger partial charge in [-0.3, -0.25) is 0 Å². The molecule has 0 unspecified atom stereocenters. The van der Waals surface area contributed by atoms with Crippen molar-refractivity contribution in [2.24, 2.45) is 0 Å². The van der Waals surface area contributed by atoms with Gasteiger partial charge in [0, 0.05) is 12.6 Å². The second kappa shape index (κ2) is 5.45. The van der Waals surface area contributed by atoms with E-state index in [2.05, 4.69) is 25.1 Å². The van der Waals surface area contributed by atoms with Crippen molar-refractivity contribution in [3.63, 3.8) is 0 Å². The van der Waals surface area contributed by atoms with Crippen LogP contribution >= 0.6 is 0 Å². The van der Waals surface area contributed by atoms with Crippen LogP contribution in [0.4, 0.5) is 4.39 Å². The summed E-state index contributed by atoms with van der Waals surface area (Å²) in [6.07, 6.45) is 4.23. The van der Waals surface area contributed by atoms with Crippen LogP contribution in [-0.2, 0) is 11.8 Å². The lowest BCUT2D eigenvalue weighted by Gasteiger charge is -2.10. The summed E-state index contributed by atoms with van der Waals surface area (Å²) in [4.78, 5) is 16.6. The molecule has 1 saturated carbocycles. The number of aromatic nitrogens is 5. The molecule has 0 radical (unpaired) electrons. The normalized spacial score (nSPS) is 15.5. The first-order chi connectivity index (χ1) is 12.7.